The van der Waals surface area contributed by atoms with Crippen LogP contribution in [0.3, 0.4) is 0 Å². The van der Waals surface area contributed by atoms with Crippen molar-refractivity contribution < 1.29 is 27.2 Å². The number of alkyl halides is 3. The van der Waals surface area contributed by atoms with Crippen LogP contribution in [0.15, 0.2) is 48.7 Å². The van der Waals surface area contributed by atoms with Crippen molar-refractivity contribution in [1.29, 1.82) is 0 Å². The van der Waals surface area contributed by atoms with Crippen molar-refractivity contribution in [1.82, 2.24) is 9.78 Å². The Labute approximate surface area is 177 Å². The van der Waals surface area contributed by atoms with Crippen molar-refractivity contribution in [2.24, 2.45) is 0 Å². The average molecular weight is 453 g/mol. The molecule has 160 valence electrons. The quantitative estimate of drug-likeness (QED) is 0.554. The molecule has 4 rings (SSSR count). The molecule has 0 saturated heterocycles. The predicted molar refractivity (Wildman–Crippen MR) is 105 cm³/mol. The normalized spacial score (nSPS) is 15.5. The summed E-state index contributed by atoms with van der Waals surface area (Å²) in [6, 6.07) is 7.58. The fraction of sp³-hybridized carbons (Fsp3) is 0.150. The molecule has 1 aromatic heterocycles. The van der Waals surface area contributed by atoms with Crippen molar-refractivity contribution in [2.75, 3.05) is 10.6 Å². The van der Waals surface area contributed by atoms with E-state index in [1.54, 1.807) is 0 Å². The smallest absolute Gasteiger partial charge is 0.326 e. The summed E-state index contributed by atoms with van der Waals surface area (Å²) in [5, 5.41) is 8.63. The summed E-state index contributed by atoms with van der Waals surface area (Å²) >= 11 is 5.57. The number of carbonyl (C=O) groups excluding carboxylic acids is 2. The van der Waals surface area contributed by atoms with Crippen molar-refractivity contribution >= 4 is 34.9 Å². The van der Waals surface area contributed by atoms with E-state index >= 15 is 0 Å². The lowest BCUT2D eigenvalue weighted by atomic mass is 10.1. The third-order valence-corrected chi connectivity index (χ3v) is 5.05. The van der Waals surface area contributed by atoms with E-state index in [4.69, 9.17) is 11.6 Å². The first-order chi connectivity index (χ1) is 14.6. The molecule has 0 fully saturated rings. The lowest BCUT2D eigenvalue weighted by Crippen LogP contribution is -2.23. The Bertz CT molecular complexity index is 1170. The van der Waals surface area contributed by atoms with Gasteiger partial charge in [0.2, 0.25) is 5.91 Å². The molecule has 2 aromatic carbocycles. The number of hydrogen-bond acceptors (Lipinski definition) is 3. The van der Waals surface area contributed by atoms with Crippen LogP contribution in [-0.4, -0.2) is 21.6 Å². The van der Waals surface area contributed by atoms with E-state index in [1.807, 2.05) is 0 Å². The molecule has 0 saturated carbocycles. The van der Waals surface area contributed by atoms with Gasteiger partial charge in [-0.3, -0.25) is 9.59 Å². The number of rotatable bonds is 4. The Morgan fingerprint density at radius 3 is 2.58 bits per heavy atom. The van der Waals surface area contributed by atoms with Gasteiger partial charge >= 0.3 is 6.18 Å². The number of nitrogens with one attached hydrogen (secondary N) is 2. The Balaban J connectivity index is 1.52. The van der Waals surface area contributed by atoms with E-state index in [9.17, 15) is 27.2 Å². The maximum atomic E-state index is 13.2. The van der Waals surface area contributed by atoms with Crippen LogP contribution >= 0.6 is 11.6 Å². The largest absolute Gasteiger partial charge is 0.417 e. The molecule has 0 bridgehead atoms. The van der Waals surface area contributed by atoms with E-state index in [-0.39, 0.29) is 12.1 Å². The summed E-state index contributed by atoms with van der Waals surface area (Å²) in [5.74, 6) is -1.24. The number of amides is 2. The van der Waals surface area contributed by atoms with E-state index in [0.29, 0.717) is 16.9 Å². The number of fused-ring (bicyclic) bond motifs is 1. The molecule has 0 aliphatic carbocycles. The molecule has 2 heterocycles. The molecule has 31 heavy (non-hydrogen) atoms. The summed E-state index contributed by atoms with van der Waals surface area (Å²) < 4.78 is 53.5. The second-order valence-electron chi connectivity index (χ2n) is 6.81. The SMILES string of the molecule is O=C(CC1C(=O)Nc2c(-c3ccc(F)cc3)cnn21)Nc1ccc(Cl)c(C(F)(F)F)c1. The zero-order valence-electron chi connectivity index (χ0n) is 15.5. The fourth-order valence-electron chi connectivity index (χ4n) is 3.26. The molecule has 1 aliphatic rings. The molecular formula is C20H13ClF4N4O2. The van der Waals surface area contributed by atoms with Gasteiger partial charge in [0.1, 0.15) is 17.7 Å². The van der Waals surface area contributed by atoms with Crippen molar-refractivity contribution in [3.63, 3.8) is 0 Å². The highest BCUT2D eigenvalue weighted by Crippen LogP contribution is 2.37. The summed E-state index contributed by atoms with van der Waals surface area (Å²) in [4.78, 5) is 24.8. The Kier molecular flexibility index (Phi) is 5.18. The standard InChI is InChI=1S/C20H13ClF4N4O2/c21-15-6-5-12(7-14(15)20(23,24)25)27-17(30)8-16-19(31)28-18-13(9-26-29(16)18)10-1-3-11(22)4-2-10/h1-7,9,16H,8H2,(H,27,30)(H,28,31). The summed E-state index contributed by atoms with van der Waals surface area (Å²) in [7, 11) is 0. The molecule has 0 radical (unpaired) electrons. The lowest BCUT2D eigenvalue weighted by molar-refractivity contribution is -0.137. The Hall–Kier alpha value is -3.40. The highest BCUT2D eigenvalue weighted by atomic mass is 35.5. The number of hydrogen-bond donors (Lipinski definition) is 2. The minimum atomic E-state index is -4.68. The summed E-state index contributed by atoms with van der Waals surface area (Å²) in [5.41, 5.74) is -0.0191. The van der Waals surface area contributed by atoms with Gasteiger partial charge in [-0.1, -0.05) is 23.7 Å². The number of carbonyl (C=O) groups is 2. The van der Waals surface area contributed by atoms with Gasteiger partial charge in [-0.15, -0.1) is 0 Å². The van der Waals surface area contributed by atoms with Gasteiger partial charge < -0.3 is 10.6 Å². The Morgan fingerprint density at radius 1 is 1.19 bits per heavy atom. The second-order valence-corrected chi connectivity index (χ2v) is 7.22. The molecule has 11 heteroatoms. The van der Waals surface area contributed by atoms with Gasteiger partial charge in [0.05, 0.1) is 23.2 Å². The number of aromatic nitrogens is 2. The van der Waals surface area contributed by atoms with Crippen molar-refractivity contribution in [3.8, 4) is 11.1 Å². The molecule has 0 spiro atoms. The summed E-state index contributed by atoms with van der Waals surface area (Å²) in [6.45, 7) is 0. The summed E-state index contributed by atoms with van der Waals surface area (Å²) in [6.07, 6.45) is -3.56. The molecule has 1 atom stereocenters. The number of nitrogens with zero attached hydrogens (tertiary/aromatic N) is 2. The molecule has 1 unspecified atom stereocenters. The topological polar surface area (TPSA) is 76.0 Å². The Morgan fingerprint density at radius 2 is 1.90 bits per heavy atom. The first-order valence-electron chi connectivity index (χ1n) is 8.94. The molecule has 2 N–H and O–H groups in total. The lowest BCUT2D eigenvalue weighted by Gasteiger charge is -2.13. The highest BCUT2D eigenvalue weighted by Gasteiger charge is 2.36. The van der Waals surface area contributed by atoms with E-state index in [2.05, 4.69) is 15.7 Å². The van der Waals surface area contributed by atoms with Crippen LogP contribution in [0.5, 0.6) is 0 Å². The van der Waals surface area contributed by atoms with Crippen LogP contribution in [0.25, 0.3) is 11.1 Å². The minimum Gasteiger partial charge on any atom is -0.326 e. The average Bonchev–Trinajstić information content (AvgIpc) is 3.23. The van der Waals surface area contributed by atoms with Crippen LogP contribution < -0.4 is 10.6 Å². The maximum Gasteiger partial charge on any atom is 0.417 e. The molecular weight excluding hydrogens is 440 g/mol. The molecule has 6 nitrogen and oxygen atoms in total. The highest BCUT2D eigenvalue weighted by molar-refractivity contribution is 6.31. The third kappa shape index (κ3) is 4.11. The number of anilines is 2. The molecule has 1 aliphatic heterocycles. The van der Waals surface area contributed by atoms with Crippen LogP contribution in [0.4, 0.5) is 29.1 Å². The molecule has 3 aromatic rings. The predicted octanol–water partition coefficient (Wildman–Crippen LogP) is 4.88. The van der Waals surface area contributed by atoms with E-state index in [1.165, 1.54) is 41.2 Å². The zero-order chi connectivity index (χ0) is 22.3. The number of halogens is 5. The van der Waals surface area contributed by atoms with Gasteiger partial charge in [-0.25, -0.2) is 9.07 Å². The monoisotopic (exact) mass is 452 g/mol. The van der Waals surface area contributed by atoms with Gasteiger partial charge in [0.25, 0.3) is 5.91 Å². The van der Waals surface area contributed by atoms with Crippen molar-refractivity contribution in [2.45, 2.75) is 18.6 Å². The first-order valence-corrected chi connectivity index (χ1v) is 9.32. The number of benzene rings is 2. The second kappa shape index (κ2) is 7.69. The van der Waals surface area contributed by atoms with Crippen molar-refractivity contribution in [3.05, 3.63) is 65.1 Å². The fourth-order valence-corrected chi connectivity index (χ4v) is 3.49. The van der Waals surface area contributed by atoms with Crippen LogP contribution in [0.1, 0.15) is 18.0 Å². The third-order valence-electron chi connectivity index (χ3n) is 4.72. The van der Waals surface area contributed by atoms with E-state index < -0.39 is 40.4 Å². The van der Waals surface area contributed by atoms with Crippen LogP contribution in [0.2, 0.25) is 5.02 Å². The van der Waals surface area contributed by atoms with E-state index in [0.717, 1.165) is 12.1 Å². The van der Waals surface area contributed by atoms with Gasteiger partial charge in [-0.2, -0.15) is 18.3 Å². The maximum absolute atomic E-state index is 13.2. The van der Waals surface area contributed by atoms with Crippen LogP contribution in [-0.2, 0) is 15.8 Å². The van der Waals surface area contributed by atoms with Crippen LogP contribution in [0, 0.1) is 5.82 Å². The first kappa shape index (κ1) is 20.9. The molecule has 2 amide bonds. The van der Waals surface area contributed by atoms with Gasteiger partial charge in [0, 0.05) is 11.3 Å². The zero-order valence-corrected chi connectivity index (χ0v) is 16.3. The van der Waals surface area contributed by atoms with Gasteiger partial charge in [0.15, 0.2) is 0 Å². The van der Waals surface area contributed by atoms with Gasteiger partial charge in [-0.05, 0) is 35.9 Å². The minimum absolute atomic E-state index is 0.104.